The summed E-state index contributed by atoms with van der Waals surface area (Å²) in [4.78, 5) is 11.7. The third-order valence-corrected chi connectivity index (χ3v) is 3.34. The molecule has 2 fully saturated rings. The Balaban J connectivity index is 0.00000128. The van der Waals surface area contributed by atoms with E-state index in [-0.39, 0.29) is 24.4 Å². The lowest BCUT2D eigenvalue weighted by atomic mass is 9.91. The Kier molecular flexibility index (Phi) is 5.52. The lowest BCUT2D eigenvalue weighted by molar-refractivity contribution is -0.131. The van der Waals surface area contributed by atoms with Crippen molar-refractivity contribution in [2.45, 2.75) is 56.7 Å². The van der Waals surface area contributed by atoms with Gasteiger partial charge in [0.15, 0.2) is 0 Å². The van der Waals surface area contributed by atoms with E-state index in [9.17, 15) is 4.79 Å². The molecular formula is C11H21ClN2O2. The van der Waals surface area contributed by atoms with Crippen molar-refractivity contribution < 1.29 is 9.53 Å². The minimum atomic E-state index is -0.194. The summed E-state index contributed by atoms with van der Waals surface area (Å²) < 4.78 is 5.34. The number of halogens is 1. The van der Waals surface area contributed by atoms with Gasteiger partial charge in [-0.2, -0.15) is 0 Å². The first-order chi connectivity index (χ1) is 7.25. The highest BCUT2D eigenvalue weighted by atomic mass is 35.5. The lowest BCUT2D eigenvalue weighted by Crippen LogP contribution is -2.44. The molecule has 1 aliphatic carbocycles. The van der Waals surface area contributed by atoms with Gasteiger partial charge in [-0.3, -0.25) is 4.79 Å². The molecule has 1 saturated carbocycles. The summed E-state index contributed by atoms with van der Waals surface area (Å²) in [7, 11) is 0. The van der Waals surface area contributed by atoms with Crippen LogP contribution in [-0.4, -0.2) is 30.7 Å². The Labute approximate surface area is 103 Å². The topological polar surface area (TPSA) is 64.3 Å². The minimum Gasteiger partial charge on any atom is -0.368 e. The summed E-state index contributed by atoms with van der Waals surface area (Å²) in [6, 6.07) is 0.655. The van der Waals surface area contributed by atoms with Gasteiger partial charge in [-0.05, 0) is 38.5 Å². The highest BCUT2D eigenvalue weighted by Gasteiger charge is 2.27. The smallest absolute Gasteiger partial charge is 0.249 e. The average Bonchev–Trinajstić information content (AvgIpc) is 2.74. The molecule has 1 aliphatic heterocycles. The van der Waals surface area contributed by atoms with Gasteiger partial charge in [-0.1, -0.05) is 0 Å². The van der Waals surface area contributed by atoms with E-state index in [0.29, 0.717) is 12.1 Å². The maximum absolute atomic E-state index is 11.7. The molecule has 0 unspecified atom stereocenters. The van der Waals surface area contributed by atoms with Crippen LogP contribution in [0.4, 0.5) is 0 Å². The normalized spacial score (nSPS) is 34.2. The molecule has 0 bridgehead atoms. The maximum atomic E-state index is 11.7. The summed E-state index contributed by atoms with van der Waals surface area (Å²) in [6.07, 6.45) is 5.76. The summed E-state index contributed by atoms with van der Waals surface area (Å²) >= 11 is 0. The highest BCUT2D eigenvalue weighted by Crippen LogP contribution is 2.18. The number of carbonyl (C=O) groups excluding carboxylic acids is 1. The number of nitrogens with one attached hydrogen (secondary N) is 1. The number of amides is 1. The summed E-state index contributed by atoms with van der Waals surface area (Å²) in [5.41, 5.74) is 5.81. The predicted octanol–water partition coefficient (Wildman–Crippen LogP) is 0.973. The van der Waals surface area contributed by atoms with E-state index in [0.717, 1.165) is 45.1 Å². The van der Waals surface area contributed by atoms with E-state index in [2.05, 4.69) is 5.32 Å². The summed E-state index contributed by atoms with van der Waals surface area (Å²) in [5.74, 6) is 0.0768. The Bertz CT molecular complexity index is 224. The molecule has 5 heteroatoms. The van der Waals surface area contributed by atoms with Crippen LogP contribution in [0.5, 0.6) is 0 Å². The van der Waals surface area contributed by atoms with Gasteiger partial charge >= 0.3 is 0 Å². The monoisotopic (exact) mass is 248 g/mol. The minimum absolute atomic E-state index is 0. The van der Waals surface area contributed by atoms with Crippen LogP contribution in [0.1, 0.15) is 38.5 Å². The molecule has 1 atom stereocenters. The number of carbonyl (C=O) groups is 1. The molecule has 4 nitrogen and oxygen atoms in total. The Hall–Kier alpha value is -0.320. The second kappa shape index (κ2) is 6.42. The van der Waals surface area contributed by atoms with Crippen molar-refractivity contribution in [1.29, 1.82) is 0 Å². The molecule has 1 heterocycles. The first kappa shape index (κ1) is 13.7. The molecule has 2 aliphatic rings. The molecule has 0 aromatic rings. The lowest BCUT2D eigenvalue weighted by Gasteiger charge is -2.27. The number of nitrogens with two attached hydrogens (primary N) is 1. The van der Waals surface area contributed by atoms with Gasteiger partial charge in [-0.25, -0.2) is 0 Å². The molecule has 0 radical (unpaired) electrons. The third-order valence-electron chi connectivity index (χ3n) is 3.34. The molecule has 0 aromatic carbocycles. The van der Waals surface area contributed by atoms with Gasteiger partial charge in [0.2, 0.25) is 5.91 Å². The van der Waals surface area contributed by atoms with Crippen LogP contribution in [0.3, 0.4) is 0 Å². The fourth-order valence-corrected chi connectivity index (χ4v) is 2.34. The predicted molar refractivity (Wildman–Crippen MR) is 64.6 cm³/mol. The van der Waals surface area contributed by atoms with Crippen molar-refractivity contribution in [2.75, 3.05) is 6.61 Å². The average molecular weight is 249 g/mol. The van der Waals surface area contributed by atoms with Gasteiger partial charge in [-0.15, -0.1) is 12.4 Å². The van der Waals surface area contributed by atoms with Crippen molar-refractivity contribution in [3.8, 4) is 0 Å². The standard InChI is InChI=1S/C11H20N2O2.ClH/c12-8-3-5-9(6-4-8)13-11(14)10-2-1-7-15-10;/h8-10H,1-7,12H2,(H,13,14);1H/t8?,9?,10-;/m0./s1. The number of ether oxygens (including phenoxy) is 1. The van der Waals surface area contributed by atoms with E-state index in [1.165, 1.54) is 0 Å². The molecule has 1 saturated heterocycles. The highest BCUT2D eigenvalue weighted by molar-refractivity contribution is 5.85. The van der Waals surface area contributed by atoms with E-state index in [1.54, 1.807) is 0 Å². The SMILES string of the molecule is Cl.NC1CCC(NC(=O)[C@@H]2CCCO2)CC1. The van der Waals surface area contributed by atoms with E-state index < -0.39 is 0 Å². The molecule has 3 N–H and O–H groups in total. The van der Waals surface area contributed by atoms with Crippen LogP contribution >= 0.6 is 12.4 Å². The van der Waals surface area contributed by atoms with Crippen molar-refractivity contribution in [3.63, 3.8) is 0 Å². The Morgan fingerprint density at radius 2 is 1.88 bits per heavy atom. The fraction of sp³-hybridized carbons (Fsp3) is 0.909. The molecular weight excluding hydrogens is 228 g/mol. The van der Waals surface area contributed by atoms with Crippen LogP contribution in [-0.2, 0) is 9.53 Å². The van der Waals surface area contributed by atoms with Crippen LogP contribution in [0, 0.1) is 0 Å². The first-order valence-electron chi connectivity index (χ1n) is 5.93. The van der Waals surface area contributed by atoms with Crippen molar-refractivity contribution in [1.82, 2.24) is 5.32 Å². The maximum Gasteiger partial charge on any atom is 0.249 e. The summed E-state index contributed by atoms with van der Waals surface area (Å²) in [6.45, 7) is 0.730. The zero-order valence-electron chi connectivity index (χ0n) is 9.48. The summed E-state index contributed by atoms with van der Waals surface area (Å²) in [5, 5.41) is 3.06. The second-order valence-electron chi connectivity index (χ2n) is 4.62. The molecule has 1 amide bonds. The molecule has 2 rings (SSSR count). The van der Waals surface area contributed by atoms with Crippen LogP contribution in [0.25, 0.3) is 0 Å². The third kappa shape index (κ3) is 3.61. The van der Waals surface area contributed by atoms with E-state index >= 15 is 0 Å². The molecule has 0 spiro atoms. The molecule has 0 aromatic heterocycles. The van der Waals surface area contributed by atoms with Gasteiger partial charge in [0.25, 0.3) is 0 Å². The number of hydrogen-bond donors (Lipinski definition) is 2. The quantitative estimate of drug-likeness (QED) is 0.766. The van der Waals surface area contributed by atoms with Crippen LogP contribution in [0.15, 0.2) is 0 Å². The first-order valence-corrected chi connectivity index (χ1v) is 5.93. The van der Waals surface area contributed by atoms with E-state index in [1.807, 2.05) is 0 Å². The Morgan fingerprint density at radius 3 is 2.44 bits per heavy atom. The molecule has 94 valence electrons. The van der Waals surface area contributed by atoms with E-state index in [4.69, 9.17) is 10.5 Å². The van der Waals surface area contributed by atoms with Crippen molar-refractivity contribution in [2.24, 2.45) is 5.73 Å². The largest absolute Gasteiger partial charge is 0.368 e. The van der Waals surface area contributed by atoms with Crippen LogP contribution < -0.4 is 11.1 Å². The second-order valence-corrected chi connectivity index (χ2v) is 4.62. The van der Waals surface area contributed by atoms with Gasteiger partial charge in [0.1, 0.15) is 6.10 Å². The zero-order valence-corrected chi connectivity index (χ0v) is 10.3. The van der Waals surface area contributed by atoms with Crippen molar-refractivity contribution >= 4 is 18.3 Å². The van der Waals surface area contributed by atoms with Crippen LogP contribution in [0.2, 0.25) is 0 Å². The number of rotatable bonds is 2. The van der Waals surface area contributed by atoms with Gasteiger partial charge in [0.05, 0.1) is 0 Å². The van der Waals surface area contributed by atoms with Gasteiger partial charge in [0, 0.05) is 18.7 Å². The van der Waals surface area contributed by atoms with Gasteiger partial charge < -0.3 is 15.8 Å². The Morgan fingerprint density at radius 1 is 1.19 bits per heavy atom. The molecule has 16 heavy (non-hydrogen) atoms. The zero-order chi connectivity index (χ0) is 10.7. The fourth-order valence-electron chi connectivity index (χ4n) is 2.34. The van der Waals surface area contributed by atoms with Crippen molar-refractivity contribution in [3.05, 3.63) is 0 Å². The number of hydrogen-bond acceptors (Lipinski definition) is 3.